The third-order valence-electron chi connectivity index (χ3n) is 2.92. The summed E-state index contributed by atoms with van der Waals surface area (Å²) in [7, 11) is 1.69. The van der Waals surface area contributed by atoms with Crippen molar-refractivity contribution >= 4 is 38.3 Å². The van der Waals surface area contributed by atoms with E-state index in [2.05, 4.69) is 41.8 Å². The first-order valence-electron chi connectivity index (χ1n) is 6.34. The molecule has 3 rings (SSSR count). The van der Waals surface area contributed by atoms with Gasteiger partial charge in [-0.25, -0.2) is 9.67 Å². The van der Waals surface area contributed by atoms with Crippen molar-refractivity contribution in [3.8, 4) is 11.3 Å². The van der Waals surface area contributed by atoms with Gasteiger partial charge in [-0.15, -0.1) is 16.4 Å². The monoisotopic (exact) mass is 378 g/mol. The summed E-state index contributed by atoms with van der Waals surface area (Å²) in [4.78, 5) is 16.4. The highest BCUT2D eigenvalue weighted by Gasteiger charge is 2.12. The van der Waals surface area contributed by atoms with Crippen LogP contribution in [-0.2, 0) is 18.3 Å². The molecule has 0 unspecified atom stereocenters. The van der Waals surface area contributed by atoms with E-state index < -0.39 is 0 Å². The van der Waals surface area contributed by atoms with Gasteiger partial charge in [-0.3, -0.25) is 4.79 Å². The molecule has 3 aromatic rings. The normalized spacial score (nSPS) is 10.6. The van der Waals surface area contributed by atoms with Crippen molar-refractivity contribution in [2.45, 2.75) is 6.42 Å². The van der Waals surface area contributed by atoms with Crippen LogP contribution in [0.1, 0.15) is 5.82 Å². The number of aromatic nitrogens is 5. The Morgan fingerprint density at radius 3 is 2.82 bits per heavy atom. The summed E-state index contributed by atoms with van der Waals surface area (Å²) < 4.78 is 2.48. The summed E-state index contributed by atoms with van der Waals surface area (Å²) in [5.74, 6) is 0.303. The number of nitrogens with one attached hydrogen (secondary N) is 1. The molecule has 0 aliphatic rings. The number of hydrogen-bond donors (Lipinski definition) is 1. The molecule has 2 heterocycles. The molecule has 0 aliphatic carbocycles. The molecule has 1 N–H and O–H groups in total. The third kappa shape index (κ3) is 3.37. The van der Waals surface area contributed by atoms with Gasteiger partial charge in [0.05, 0.1) is 12.1 Å². The fourth-order valence-electron chi connectivity index (χ4n) is 1.79. The first-order valence-corrected chi connectivity index (χ1v) is 8.01. The molecule has 2 aromatic heterocycles. The Morgan fingerprint density at radius 2 is 2.14 bits per heavy atom. The van der Waals surface area contributed by atoms with Crippen LogP contribution in [0.3, 0.4) is 0 Å². The second-order valence-electron chi connectivity index (χ2n) is 4.49. The van der Waals surface area contributed by atoms with Crippen molar-refractivity contribution in [1.82, 2.24) is 25.2 Å². The van der Waals surface area contributed by atoms with Gasteiger partial charge in [0.2, 0.25) is 5.91 Å². The van der Waals surface area contributed by atoms with Crippen molar-refractivity contribution in [2.24, 2.45) is 7.05 Å². The van der Waals surface area contributed by atoms with E-state index in [1.165, 1.54) is 16.0 Å². The van der Waals surface area contributed by atoms with E-state index in [-0.39, 0.29) is 12.3 Å². The molecule has 1 aromatic carbocycles. The quantitative estimate of drug-likeness (QED) is 0.752. The van der Waals surface area contributed by atoms with Gasteiger partial charge in [0.1, 0.15) is 0 Å². The Hall–Kier alpha value is -2.13. The van der Waals surface area contributed by atoms with E-state index in [1.807, 2.05) is 29.6 Å². The van der Waals surface area contributed by atoms with Crippen molar-refractivity contribution in [3.05, 3.63) is 39.9 Å². The van der Waals surface area contributed by atoms with E-state index in [0.717, 1.165) is 15.7 Å². The minimum Gasteiger partial charge on any atom is -0.302 e. The van der Waals surface area contributed by atoms with Gasteiger partial charge in [-0.1, -0.05) is 28.1 Å². The number of carbonyl (C=O) groups excluding carboxylic acids is 1. The molecule has 9 heteroatoms. The zero-order chi connectivity index (χ0) is 15.5. The summed E-state index contributed by atoms with van der Waals surface area (Å²) >= 11 is 4.78. The number of rotatable bonds is 4. The van der Waals surface area contributed by atoms with Gasteiger partial charge in [-0.05, 0) is 22.6 Å². The lowest BCUT2D eigenvalue weighted by molar-refractivity contribution is -0.115. The molecule has 112 valence electrons. The lowest BCUT2D eigenvalue weighted by Gasteiger charge is -2.00. The maximum Gasteiger partial charge on any atom is 0.233 e. The summed E-state index contributed by atoms with van der Waals surface area (Å²) in [6.45, 7) is 0. The summed E-state index contributed by atoms with van der Waals surface area (Å²) in [6, 6.07) is 7.84. The average molecular weight is 379 g/mol. The van der Waals surface area contributed by atoms with E-state index in [4.69, 9.17) is 0 Å². The molecule has 7 nitrogen and oxygen atoms in total. The number of carbonyl (C=O) groups is 1. The second kappa shape index (κ2) is 6.32. The standard InChI is InChI=1S/C13H11BrN6OS/c1-20-11(17-18-19-20)6-12(21)16-13-15-10(7-22-13)8-2-4-9(14)5-3-8/h2-5,7H,6H2,1H3,(H,15,16,21). The van der Waals surface area contributed by atoms with E-state index in [1.54, 1.807) is 7.05 Å². The molecule has 22 heavy (non-hydrogen) atoms. The van der Waals surface area contributed by atoms with Crippen molar-refractivity contribution in [3.63, 3.8) is 0 Å². The van der Waals surface area contributed by atoms with Crippen molar-refractivity contribution in [1.29, 1.82) is 0 Å². The van der Waals surface area contributed by atoms with Gasteiger partial charge >= 0.3 is 0 Å². The van der Waals surface area contributed by atoms with Gasteiger partial charge in [0.15, 0.2) is 11.0 Å². The predicted molar refractivity (Wildman–Crippen MR) is 86.4 cm³/mol. The molecule has 0 aliphatic heterocycles. The highest BCUT2D eigenvalue weighted by Crippen LogP contribution is 2.26. The number of anilines is 1. The molecular formula is C13H11BrN6OS. The summed E-state index contributed by atoms with van der Waals surface area (Å²) in [6.07, 6.45) is 0.108. The van der Waals surface area contributed by atoms with Crippen LogP contribution in [-0.4, -0.2) is 31.1 Å². The number of benzene rings is 1. The number of thiazole rings is 1. The lowest BCUT2D eigenvalue weighted by atomic mass is 10.2. The van der Waals surface area contributed by atoms with Crippen LogP contribution in [0.15, 0.2) is 34.1 Å². The van der Waals surface area contributed by atoms with Crippen LogP contribution in [0.5, 0.6) is 0 Å². The molecule has 0 spiro atoms. The molecule has 0 atom stereocenters. The molecule has 0 fully saturated rings. The maximum atomic E-state index is 12.0. The zero-order valence-electron chi connectivity index (χ0n) is 11.5. The van der Waals surface area contributed by atoms with Crippen LogP contribution < -0.4 is 5.32 Å². The summed E-state index contributed by atoms with van der Waals surface area (Å²) in [5.41, 5.74) is 1.82. The Morgan fingerprint density at radius 1 is 1.36 bits per heavy atom. The van der Waals surface area contributed by atoms with Crippen LogP contribution in [0.2, 0.25) is 0 Å². The number of tetrazole rings is 1. The van der Waals surface area contributed by atoms with Crippen molar-refractivity contribution in [2.75, 3.05) is 5.32 Å². The van der Waals surface area contributed by atoms with E-state index >= 15 is 0 Å². The number of halogens is 1. The third-order valence-corrected chi connectivity index (χ3v) is 4.20. The number of aryl methyl sites for hydroxylation is 1. The molecule has 0 saturated carbocycles. The Labute approximate surface area is 138 Å². The summed E-state index contributed by atoms with van der Waals surface area (Å²) in [5, 5.41) is 16.2. The molecule has 0 bridgehead atoms. The van der Waals surface area contributed by atoms with Crippen LogP contribution >= 0.6 is 27.3 Å². The van der Waals surface area contributed by atoms with Crippen LogP contribution in [0, 0.1) is 0 Å². The Balaban J connectivity index is 1.68. The number of amides is 1. The molecular weight excluding hydrogens is 368 g/mol. The topological polar surface area (TPSA) is 85.6 Å². The highest BCUT2D eigenvalue weighted by molar-refractivity contribution is 9.10. The Kier molecular flexibility index (Phi) is 4.25. The molecule has 0 radical (unpaired) electrons. The lowest BCUT2D eigenvalue weighted by Crippen LogP contribution is -2.17. The molecule has 1 amide bonds. The smallest absolute Gasteiger partial charge is 0.233 e. The van der Waals surface area contributed by atoms with Gasteiger partial charge in [0.25, 0.3) is 0 Å². The Bertz CT molecular complexity index is 797. The van der Waals surface area contributed by atoms with Crippen LogP contribution in [0.4, 0.5) is 5.13 Å². The number of hydrogen-bond acceptors (Lipinski definition) is 6. The second-order valence-corrected chi connectivity index (χ2v) is 6.26. The predicted octanol–water partition coefficient (Wildman–Crippen LogP) is 2.28. The fourth-order valence-corrected chi connectivity index (χ4v) is 2.79. The SMILES string of the molecule is Cn1nnnc1CC(=O)Nc1nc(-c2ccc(Br)cc2)cs1. The van der Waals surface area contributed by atoms with Gasteiger partial charge in [-0.2, -0.15) is 0 Å². The van der Waals surface area contributed by atoms with Gasteiger partial charge in [0, 0.05) is 22.5 Å². The highest BCUT2D eigenvalue weighted by atomic mass is 79.9. The maximum absolute atomic E-state index is 12.0. The average Bonchev–Trinajstić information content (AvgIpc) is 3.10. The van der Waals surface area contributed by atoms with Crippen molar-refractivity contribution < 1.29 is 4.79 Å². The molecule has 0 saturated heterocycles. The number of nitrogens with zero attached hydrogens (tertiary/aromatic N) is 5. The fraction of sp³-hybridized carbons (Fsp3) is 0.154. The van der Waals surface area contributed by atoms with E-state index in [9.17, 15) is 4.79 Å². The minimum absolute atomic E-state index is 0.108. The first kappa shape index (κ1) is 14.8. The van der Waals surface area contributed by atoms with Crippen LogP contribution in [0.25, 0.3) is 11.3 Å². The zero-order valence-corrected chi connectivity index (χ0v) is 13.9. The van der Waals surface area contributed by atoms with Gasteiger partial charge < -0.3 is 5.32 Å². The van der Waals surface area contributed by atoms with E-state index in [0.29, 0.717) is 11.0 Å². The first-order chi connectivity index (χ1) is 10.6. The minimum atomic E-state index is -0.199. The largest absolute Gasteiger partial charge is 0.302 e.